The lowest BCUT2D eigenvalue weighted by atomic mass is 9.92. The number of amides is 4. The van der Waals surface area contributed by atoms with Crippen LogP contribution in [0.1, 0.15) is 37.6 Å². The quantitative estimate of drug-likeness (QED) is 0.479. The molecule has 3 heterocycles. The monoisotopic (exact) mass is 481 g/mol. The molecule has 0 aliphatic carbocycles. The third-order valence-corrected chi connectivity index (χ3v) is 5.77. The molecule has 0 fully saturated rings. The van der Waals surface area contributed by atoms with E-state index in [4.69, 9.17) is 4.52 Å². The first-order valence-electron chi connectivity index (χ1n) is 11.0. The summed E-state index contributed by atoms with van der Waals surface area (Å²) in [5, 5.41) is 11.9. The van der Waals surface area contributed by atoms with Crippen molar-refractivity contribution in [3.05, 3.63) is 53.1 Å². The minimum Gasteiger partial charge on any atom is -0.373 e. The number of benzene rings is 1. The predicted molar refractivity (Wildman–Crippen MR) is 133 cm³/mol. The Bertz CT molecular complexity index is 1300. The van der Waals surface area contributed by atoms with Crippen LogP contribution in [-0.4, -0.2) is 36.3 Å². The van der Waals surface area contributed by atoms with E-state index in [1.54, 1.807) is 39.3 Å². The molecule has 2 aromatic heterocycles. The summed E-state index contributed by atoms with van der Waals surface area (Å²) in [5.74, 6) is 0.152. The highest BCUT2D eigenvalue weighted by Gasteiger charge is 2.31. The van der Waals surface area contributed by atoms with E-state index in [0.29, 0.717) is 22.8 Å². The summed E-state index contributed by atoms with van der Waals surface area (Å²) in [6.45, 7) is 7.85. The Balaban J connectivity index is 1.57. The normalized spacial score (nSPS) is 13.5. The number of hydrogen-bond acceptors (Lipinski definition) is 6. The highest BCUT2D eigenvalue weighted by molar-refractivity contribution is 6.07. The van der Waals surface area contributed by atoms with Crippen LogP contribution in [0.3, 0.4) is 0 Å². The number of halogens is 1. The van der Waals surface area contributed by atoms with E-state index in [9.17, 15) is 14.0 Å². The second-order valence-electron chi connectivity index (χ2n) is 9.40. The molecule has 3 N–H and O–H groups in total. The summed E-state index contributed by atoms with van der Waals surface area (Å²) in [4.78, 5) is 33.1. The van der Waals surface area contributed by atoms with Crippen molar-refractivity contribution in [2.24, 2.45) is 0 Å². The summed E-state index contributed by atoms with van der Waals surface area (Å²) in [7, 11) is 3.42. The SMILES string of the molecule is CNc1cc2c(cn1)CN(c1cc(NC(=O)Nc3cc(C(C)(C)C)no3)c(F)cc1C)C(=O)N2C. The maximum Gasteiger partial charge on any atom is 0.329 e. The van der Waals surface area contributed by atoms with Crippen LogP contribution in [0.2, 0.25) is 0 Å². The van der Waals surface area contributed by atoms with Gasteiger partial charge in [0.15, 0.2) is 0 Å². The van der Waals surface area contributed by atoms with Crippen LogP contribution in [0.5, 0.6) is 0 Å². The van der Waals surface area contributed by atoms with Gasteiger partial charge >= 0.3 is 12.1 Å². The van der Waals surface area contributed by atoms with E-state index in [2.05, 4.69) is 26.1 Å². The zero-order valence-corrected chi connectivity index (χ0v) is 20.5. The van der Waals surface area contributed by atoms with Gasteiger partial charge < -0.3 is 15.2 Å². The average Bonchev–Trinajstić information content (AvgIpc) is 3.27. The standard InChI is InChI=1S/C24H28FN7O3/c1-13-7-15(25)16(28-22(33)29-21-10-19(30-35-21)24(2,3)4)8-17(13)32-12-14-11-27-20(26-5)9-18(14)31(6)23(32)34/h7-11H,12H2,1-6H3,(H,26,27)(H2,28,29,33). The fourth-order valence-corrected chi connectivity index (χ4v) is 3.76. The van der Waals surface area contributed by atoms with Crippen molar-refractivity contribution < 1.29 is 18.5 Å². The molecule has 35 heavy (non-hydrogen) atoms. The lowest BCUT2D eigenvalue weighted by Crippen LogP contribution is -2.45. The van der Waals surface area contributed by atoms with Crippen LogP contribution in [-0.2, 0) is 12.0 Å². The van der Waals surface area contributed by atoms with Crippen LogP contribution in [0.25, 0.3) is 0 Å². The van der Waals surface area contributed by atoms with Crippen molar-refractivity contribution in [2.45, 2.75) is 39.7 Å². The molecule has 1 aliphatic heterocycles. The zero-order chi connectivity index (χ0) is 25.5. The summed E-state index contributed by atoms with van der Waals surface area (Å²) in [5.41, 5.74) is 2.92. The van der Waals surface area contributed by atoms with Gasteiger partial charge in [-0.05, 0) is 24.6 Å². The topological polar surface area (TPSA) is 116 Å². The number of carbonyl (C=O) groups excluding carboxylic acids is 2. The summed E-state index contributed by atoms with van der Waals surface area (Å²) < 4.78 is 19.9. The maximum absolute atomic E-state index is 14.7. The number of anilines is 5. The Morgan fingerprint density at radius 3 is 2.54 bits per heavy atom. The Morgan fingerprint density at radius 2 is 1.89 bits per heavy atom. The van der Waals surface area contributed by atoms with Crippen molar-refractivity contribution in [1.29, 1.82) is 0 Å². The first-order valence-corrected chi connectivity index (χ1v) is 11.0. The van der Waals surface area contributed by atoms with Gasteiger partial charge in [0.1, 0.15) is 11.6 Å². The lowest BCUT2D eigenvalue weighted by molar-refractivity contribution is 0.251. The number of fused-ring (bicyclic) bond motifs is 1. The van der Waals surface area contributed by atoms with E-state index >= 15 is 0 Å². The highest BCUT2D eigenvalue weighted by atomic mass is 19.1. The fourth-order valence-electron chi connectivity index (χ4n) is 3.76. The van der Waals surface area contributed by atoms with Crippen molar-refractivity contribution in [3.63, 3.8) is 0 Å². The molecule has 0 bridgehead atoms. The fraction of sp³-hybridized carbons (Fsp3) is 0.333. The molecular weight excluding hydrogens is 453 g/mol. The Morgan fingerprint density at radius 1 is 1.14 bits per heavy atom. The van der Waals surface area contributed by atoms with Gasteiger partial charge in [-0.15, -0.1) is 0 Å². The number of nitrogens with zero attached hydrogens (tertiary/aromatic N) is 4. The summed E-state index contributed by atoms with van der Waals surface area (Å²) in [6.07, 6.45) is 1.70. The smallest absolute Gasteiger partial charge is 0.329 e. The Labute approximate surface area is 202 Å². The zero-order valence-electron chi connectivity index (χ0n) is 20.5. The van der Waals surface area contributed by atoms with Crippen LogP contribution < -0.4 is 25.8 Å². The number of hydrogen-bond donors (Lipinski definition) is 3. The highest BCUT2D eigenvalue weighted by Crippen LogP contribution is 2.35. The molecule has 0 saturated carbocycles. The van der Waals surface area contributed by atoms with Gasteiger partial charge in [-0.1, -0.05) is 25.9 Å². The van der Waals surface area contributed by atoms with Crippen LogP contribution >= 0.6 is 0 Å². The minimum atomic E-state index is -0.702. The van der Waals surface area contributed by atoms with Crippen molar-refractivity contribution in [2.75, 3.05) is 39.8 Å². The average molecular weight is 482 g/mol. The van der Waals surface area contributed by atoms with Gasteiger partial charge in [-0.2, -0.15) is 0 Å². The van der Waals surface area contributed by atoms with Gasteiger partial charge in [0.2, 0.25) is 5.88 Å². The molecule has 1 aliphatic rings. The van der Waals surface area contributed by atoms with Crippen LogP contribution in [0.4, 0.5) is 42.7 Å². The van der Waals surface area contributed by atoms with Crippen molar-refractivity contribution >= 4 is 40.8 Å². The molecule has 184 valence electrons. The number of nitrogens with one attached hydrogen (secondary N) is 3. The van der Waals surface area contributed by atoms with Crippen LogP contribution in [0, 0.1) is 12.7 Å². The Hall–Kier alpha value is -4.15. The molecular formula is C24H28FN7O3. The number of rotatable bonds is 4. The number of pyridine rings is 1. The van der Waals surface area contributed by atoms with Gasteiger partial charge in [-0.25, -0.2) is 19.0 Å². The third-order valence-electron chi connectivity index (χ3n) is 5.77. The number of carbonyl (C=O) groups is 2. The second-order valence-corrected chi connectivity index (χ2v) is 9.40. The van der Waals surface area contributed by atoms with Crippen LogP contribution in [0.15, 0.2) is 35.0 Å². The largest absolute Gasteiger partial charge is 0.373 e. The van der Waals surface area contributed by atoms with E-state index in [1.807, 2.05) is 20.8 Å². The molecule has 1 aromatic carbocycles. The molecule has 0 radical (unpaired) electrons. The van der Waals surface area contributed by atoms with Gasteiger partial charge in [0, 0.05) is 43.4 Å². The van der Waals surface area contributed by atoms with E-state index < -0.39 is 11.8 Å². The number of urea groups is 2. The predicted octanol–water partition coefficient (Wildman–Crippen LogP) is 5.08. The summed E-state index contributed by atoms with van der Waals surface area (Å²) in [6, 6.07) is 5.15. The third kappa shape index (κ3) is 4.75. The van der Waals surface area contributed by atoms with Gasteiger partial charge in [0.25, 0.3) is 0 Å². The number of aryl methyl sites for hydroxylation is 1. The molecule has 0 unspecified atom stereocenters. The summed E-state index contributed by atoms with van der Waals surface area (Å²) >= 11 is 0. The van der Waals surface area contributed by atoms with Gasteiger partial charge in [0.05, 0.1) is 29.3 Å². The molecule has 11 heteroatoms. The molecule has 4 amide bonds. The van der Waals surface area contributed by atoms with Gasteiger partial charge in [-0.3, -0.25) is 15.1 Å². The number of aromatic nitrogens is 2. The van der Waals surface area contributed by atoms with Crippen molar-refractivity contribution in [3.8, 4) is 0 Å². The van der Waals surface area contributed by atoms with E-state index in [-0.39, 0.29) is 29.6 Å². The first kappa shape index (κ1) is 24.0. The molecule has 0 atom stereocenters. The maximum atomic E-state index is 14.7. The Kier molecular flexibility index (Phi) is 6.10. The van der Waals surface area contributed by atoms with Crippen molar-refractivity contribution in [1.82, 2.24) is 10.1 Å². The molecule has 4 rings (SSSR count). The van der Waals surface area contributed by atoms with E-state index in [0.717, 1.165) is 11.3 Å². The second kappa shape index (κ2) is 8.90. The lowest BCUT2D eigenvalue weighted by Gasteiger charge is -2.35. The van der Waals surface area contributed by atoms with E-state index in [1.165, 1.54) is 21.9 Å². The molecule has 10 nitrogen and oxygen atoms in total. The first-order chi connectivity index (χ1) is 16.5. The molecule has 0 saturated heterocycles. The molecule has 3 aromatic rings. The minimum absolute atomic E-state index is 0.0800. The molecule has 0 spiro atoms.